The van der Waals surface area contributed by atoms with Gasteiger partial charge in [0, 0.05) is 22.3 Å². The molecular formula is C13H18BrN3OS. The van der Waals surface area contributed by atoms with Crippen molar-refractivity contribution >= 4 is 27.3 Å². The zero-order valence-electron chi connectivity index (χ0n) is 11.3. The van der Waals surface area contributed by atoms with Gasteiger partial charge in [0.15, 0.2) is 0 Å². The van der Waals surface area contributed by atoms with Crippen molar-refractivity contribution in [2.24, 2.45) is 11.1 Å². The Hall–Kier alpha value is -0.720. The van der Waals surface area contributed by atoms with Gasteiger partial charge < -0.3 is 10.3 Å². The molecule has 1 unspecified atom stereocenters. The molecule has 0 saturated heterocycles. The molecule has 6 heteroatoms. The van der Waals surface area contributed by atoms with E-state index in [1.165, 1.54) is 0 Å². The van der Waals surface area contributed by atoms with Crippen LogP contribution in [0.3, 0.4) is 0 Å². The van der Waals surface area contributed by atoms with Gasteiger partial charge in [0.1, 0.15) is 0 Å². The van der Waals surface area contributed by atoms with Gasteiger partial charge in [-0.1, -0.05) is 25.9 Å². The number of thiophene rings is 1. The zero-order chi connectivity index (χ0) is 14.0. The molecule has 0 radical (unpaired) electrons. The Morgan fingerprint density at radius 1 is 1.47 bits per heavy atom. The molecule has 104 valence electrons. The maximum absolute atomic E-state index is 6.11. The monoisotopic (exact) mass is 343 g/mol. The number of nitrogens with zero attached hydrogens (tertiary/aromatic N) is 2. The van der Waals surface area contributed by atoms with E-state index in [0.29, 0.717) is 18.1 Å². The van der Waals surface area contributed by atoms with Crippen LogP contribution in [0.4, 0.5) is 0 Å². The maximum Gasteiger partial charge on any atom is 0.228 e. The number of halogens is 1. The zero-order valence-corrected chi connectivity index (χ0v) is 13.7. The van der Waals surface area contributed by atoms with Gasteiger partial charge >= 0.3 is 0 Å². The molecule has 0 bridgehead atoms. The minimum atomic E-state index is 0.0448. The summed E-state index contributed by atoms with van der Waals surface area (Å²) in [4.78, 5) is 5.39. The first-order chi connectivity index (χ1) is 8.83. The first-order valence-electron chi connectivity index (χ1n) is 6.16. The lowest BCUT2D eigenvalue weighted by molar-refractivity contribution is 0.313. The Bertz CT molecular complexity index is 544. The largest absolute Gasteiger partial charge is 0.339 e. The van der Waals surface area contributed by atoms with E-state index < -0.39 is 0 Å². The molecule has 0 aliphatic carbocycles. The van der Waals surface area contributed by atoms with Gasteiger partial charge in [0.25, 0.3) is 0 Å². The molecule has 1 atom stereocenters. The standard InChI is InChI=1S/C13H18BrN3OS/c1-13(2,3)6-9(15)5-11-16-12(17-18-11)10-4-8(14)7-19-10/h4,7,9H,5-6,15H2,1-3H3. The van der Waals surface area contributed by atoms with Crippen molar-refractivity contribution in [1.29, 1.82) is 0 Å². The van der Waals surface area contributed by atoms with E-state index >= 15 is 0 Å². The van der Waals surface area contributed by atoms with Crippen LogP contribution in [0.1, 0.15) is 33.1 Å². The Morgan fingerprint density at radius 2 is 2.21 bits per heavy atom. The number of hydrogen-bond donors (Lipinski definition) is 1. The van der Waals surface area contributed by atoms with Crippen molar-refractivity contribution in [3.8, 4) is 10.7 Å². The van der Waals surface area contributed by atoms with E-state index in [9.17, 15) is 0 Å². The normalized spacial score (nSPS) is 13.7. The maximum atomic E-state index is 6.11. The molecule has 2 heterocycles. The average Bonchev–Trinajstić information content (AvgIpc) is 2.83. The Kier molecular flexibility index (Phi) is 4.43. The lowest BCUT2D eigenvalue weighted by Gasteiger charge is -2.21. The fraction of sp³-hybridized carbons (Fsp3) is 0.538. The van der Waals surface area contributed by atoms with Crippen molar-refractivity contribution in [1.82, 2.24) is 10.1 Å². The molecule has 2 rings (SSSR count). The van der Waals surface area contributed by atoms with Crippen LogP contribution in [0.15, 0.2) is 20.4 Å². The molecule has 2 N–H and O–H groups in total. The van der Waals surface area contributed by atoms with Gasteiger partial charge in [-0.15, -0.1) is 11.3 Å². The van der Waals surface area contributed by atoms with Crippen LogP contribution in [0, 0.1) is 5.41 Å². The van der Waals surface area contributed by atoms with Gasteiger partial charge in [-0.25, -0.2) is 0 Å². The Morgan fingerprint density at radius 3 is 2.79 bits per heavy atom. The quantitative estimate of drug-likeness (QED) is 0.914. The highest BCUT2D eigenvalue weighted by molar-refractivity contribution is 9.10. The third-order valence-electron chi connectivity index (χ3n) is 2.57. The molecule has 19 heavy (non-hydrogen) atoms. The molecule has 2 aromatic heterocycles. The Balaban J connectivity index is 2.01. The average molecular weight is 344 g/mol. The topological polar surface area (TPSA) is 64.9 Å². The minimum absolute atomic E-state index is 0.0448. The molecular weight excluding hydrogens is 326 g/mol. The van der Waals surface area contributed by atoms with Crippen LogP contribution >= 0.6 is 27.3 Å². The lowest BCUT2D eigenvalue weighted by atomic mass is 9.87. The van der Waals surface area contributed by atoms with Crippen molar-refractivity contribution < 1.29 is 4.52 Å². The third-order valence-corrected chi connectivity index (χ3v) is 4.25. The second-order valence-electron chi connectivity index (χ2n) is 5.87. The molecule has 4 nitrogen and oxygen atoms in total. The van der Waals surface area contributed by atoms with Crippen molar-refractivity contribution in [2.45, 2.75) is 39.7 Å². The molecule has 0 aliphatic heterocycles. The molecule has 0 aromatic carbocycles. The van der Waals surface area contributed by atoms with E-state index in [1.807, 2.05) is 11.4 Å². The van der Waals surface area contributed by atoms with Crippen LogP contribution in [0.25, 0.3) is 10.7 Å². The van der Waals surface area contributed by atoms with Gasteiger partial charge in [0.2, 0.25) is 11.7 Å². The van der Waals surface area contributed by atoms with E-state index in [0.717, 1.165) is 15.8 Å². The summed E-state index contributed by atoms with van der Waals surface area (Å²) >= 11 is 5.00. The number of nitrogens with two attached hydrogens (primary N) is 1. The van der Waals surface area contributed by atoms with Crippen LogP contribution in [0.2, 0.25) is 0 Å². The lowest BCUT2D eigenvalue weighted by Crippen LogP contribution is -2.28. The summed E-state index contributed by atoms with van der Waals surface area (Å²) in [5.74, 6) is 1.24. The van der Waals surface area contributed by atoms with Crippen LogP contribution in [-0.2, 0) is 6.42 Å². The summed E-state index contributed by atoms with van der Waals surface area (Å²) in [5, 5.41) is 5.99. The summed E-state index contributed by atoms with van der Waals surface area (Å²) < 4.78 is 6.29. The van der Waals surface area contributed by atoms with Crippen LogP contribution in [0.5, 0.6) is 0 Å². The number of aromatic nitrogens is 2. The van der Waals surface area contributed by atoms with Crippen molar-refractivity contribution in [3.05, 3.63) is 21.8 Å². The first kappa shape index (κ1) is 14.7. The van der Waals surface area contributed by atoms with Crippen molar-refractivity contribution in [2.75, 3.05) is 0 Å². The molecule has 0 amide bonds. The van der Waals surface area contributed by atoms with Gasteiger partial charge in [-0.3, -0.25) is 0 Å². The molecule has 0 saturated carbocycles. The predicted molar refractivity (Wildman–Crippen MR) is 81.1 cm³/mol. The third kappa shape index (κ3) is 4.40. The second kappa shape index (κ2) is 5.73. The highest BCUT2D eigenvalue weighted by Crippen LogP contribution is 2.28. The van der Waals surface area contributed by atoms with Crippen LogP contribution < -0.4 is 5.73 Å². The Labute approximate surface area is 125 Å². The fourth-order valence-corrected chi connectivity index (χ4v) is 3.30. The van der Waals surface area contributed by atoms with E-state index in [-0.39, 0.29) is 11.5 Å². The number of hydrogen-bond acceptors (Lipinski definition) is 5. The van der Waals surface area contributed by atoms with E-state index in [1.54, 1.807) is 11.3 Å². The minimum Gasteiger partial charge on any atom is -0.339 e. The summed E-state index contributed by atoms with van der Waals surface area (Å²) in [6.07, 6.45) is 1.55. The van der Waals surface area contributed by atoms with Gasteiger partial charge in [-0.05, 0) is 33.8 Å². The van der Waals surface area contributed by atoms with Gasteiger partial charge in [-0.2, -0.15) is 4.98 Å². The summed E-state index contributed by atoms with van der Waals surface area (Å²) in [5.41, 5.74) is 6.32. The molecule has 0 spiro atoms. The van der Waals surface area contributed by atoms with Crippen molar-refractivity contribution in [3.63, 3.8) is 0 Å². The molecule has 0 aliphatic rings. The molecule has 2 aromatic rings. The fourth-order valence-electron chi connectivity index (χ4n) is 1.95. The van der Waals surface area contributed by atoms with Crippen LogP contribution in [-0.4, -0.2) is 16.2 Å². The smallest absolute Gasteiger partial charge is 0.228 e. The first-order valence-corrected chi connectivity index (χ1v) is 7.83. The van der Waals surface area contributed by atoms with E-state index in [4.69, 9.17) is 10.3 Å². The second-order valence-corrected chi connectivity index (χ2v) is 7.70. The summed E-state index contributed by atoms with van der Waals surface area (Å²) in [6.45, 7) is 6.53. The summed E-state index contributed by atoms with van der Waals surface area (Å²) in [7, 11) is 0. The van der Waals surface area contributed by atoms with E-state index in [2.05, 4.69) is 46.8 Å². The number of rotatable bonds is 4. The highest BCUT2D eigenvalue weighted by atomic mass is 79.9. The SMILES string of the molecule is CC(C)(C)CC(N)Cc1nc(-c2cc(Br)cs2)no1. The predicted octanol–water partition coefficient (Wildman–Crippen LogP) is 3.87. The van der Waals surface area contributed by atoms with Gasteiger partial charge in [0.05, 0.1) is 4.88 Å². The summed E-state index contributed by atoms with van der Waals surface area (Å²) in [6, 6.07) is 2.03. The highest BCUT2D eigenvalue weighted by Gasteiger charge is 2.19. The molecule has 0 fully saturated rings.